The Morgan fingerprint density at radius 2 is 0.429 bits per heavy atom. The molecule has 0 bridgehead atoms. The van der Waals surface area contributed by atoms with E-state index in [-0.39, 0.29) is 25.7 Å². The number of rotatable bonds is 92. The average Bonchev–Trinajstić information content (AvgIpc) is 0.898. The second-order valence-electron chi connectivity index (χ2n) is 33.9. The summed E-state index contributed by atoms with van der Waals surface area (Å²) in [7, 11) is -9.93. The van der Waals surface area contributed by atoms with Gasteiger partial charge in [0.25, 0.3) is 0 Å². The van der Waals surface area contributed by atoms with Crippen molar-refractivity contribution >= 4 is 39.5 Å². The Bertz CT molecular complexity index is 2140. The Kier molecular flexibility index (Phi) is 82.6. The smallest absolute Gasteiger partial charge is 0.462 e. The Labute approximate surface area is 689 Å². The standard InChI is InChI=1S/C93H182O17P2/c1-7-11-13-15-17-19-20-21-22-23-24-32-37-42-47-53-59-65-71-77-92(97)109-88(81-103-90(95)75-69-63-57-49-18-16-14-12-8-2)83-107-111(99,100)105-79-87(94)80-106-112(101,102)108-84-89(110-93(98)78-72-66-60-54-48-43-38-33-28-26-30-35-40-45-51-56-62-68-74-86(6)10-4)82-104-91(96)76-70-64-58-52-46-41-36-31-27-25-29-34-39-44-50-55-61-67-73-85(5)9-3/h85-89,94H,7-84H2,1-6H3,(H,99,100)(H,101,102)/t85?,86?,87-,88+,89+/m0/s1. The average molecular weight is 1630 g/mol. The number of unbranched alkanes of at least 4 members (excludes halogenated alkanes) is 60. The molecule has 0 rings (SSSR count). The predicted molar refractivity (Wildman–Crippen MR) is 465 cm³/mol. The van der Waals surface area contributed by atoms with E-state index < -0.39 is 97.5 Å². The third kappa shape index (κ3) is 83.1. The summed E-state index contributed by atoms with van der Waals surface area (Å²) < 4.78 is 69.1. The molecule has 112 heavy (non-hydrogen) atoms. The van der Waals surface area contributed by atoms with Crippen molar-refractivity contribution in [3.05, 3.63) is 0 Å². The van der Waals surface area contributed by atoms with E-state index in [1.165, 1.54) is 321 Å². The largest absolute Gasteiger partial charge is 0.472 e. The zero-order valence-electron chi connectivity index (χ0n) is 74.0. The van der Waals surface area contributed by atoms with Crippen molar-refractivity contribution in [1.82, 2.24) is 0 Å². The number of hydrogen-bond acceptors (Lipinski definition) is 15. The molecule has 3 N–H and O–H groups in total. The third-order valence-corrected chi connectivity index (χ3v) is 24.6. The first kappa shape index (κ1) is 110. The number of hydrogen-bond donors (Lipinski definition) is 3. The number of phosphoric acid groups is 2. The molecule has 666 valence electrons. The van der Waals surface area contributed by atoms with Crippen LogP contribution in [0.5, 0.6) is 0 Å². The summed E-state index contributed by atoms with van der Waals surface area (Å²) in [6.07, 6.45) is 79.3. The molecule has 0 aliphatic carbocycles. The maximum atomic E-state index is 13.2. The van der Waals surface area contributed by atoms with Gasteiger partial charge in [-0.15, -0.1) is 0 Å². The van der Waals surface area contributed by atoms with Crippen LogP contribution in [0.25, 0.3) is 0 Å². The molecule has 7 atom stereocenters. The summed E-state index contributed by atoms with van der Waals surface area (Å²) in [6.45, 7) is 9.83. The molecule has 0 radical (unpaired) electrons. The lowest BCUT2D eigenvalue weighted by molar-refractivity contribution is -0.161. The van der Waals surface area contributed by atoms with E-state index in [0.717, 1.165) is 102 Å². The normalized spacial score (nSPS) is 14.2. The highest BCUT2D eigenvalue weighted by Gasteiger charge is 2.31. The van der Waals surface area contributed by atoms with Gasteiger partial charge in [0.1, 0.15) is 19.3 Å². The summed E-state index contributed by atoms with van der Waals surface area (Å²) in [6, 6.07) is 0. The maximum absolute atomic E-state index is 13.2. The van der Waals surface area contributed by atoms with Crippen LogP contribution in [0, 0.1) is 11.8 Å². The zero-order valence-corrected chi connectivity index (χ0v) is 75.8. The number of aliphatic hydroxyl groups is 1. The van der Waals surface area contributed by atoms with Gasteiger partial charge in [0.15, 0.2) is 12.2 Å². The van der Waals surface area contributed by atoms with E-state index in [1.54, 1.807) is 0 Å². The Balaban J connectivity index is 5.19. The third-order valence-electron chi connectivity index (χ3n) is 22.7. The minimum atomic E-state index is -4.97. The molecule has 0 aromatic heterocycles. The van der Waals surface area contributed by atoms with Gasteiger partial charge in [0.05, 0.1) is 26.4 Å². The van der Waals surface area contributed by atoms with Gasteiger partial charge in [-0.05, 0) is 37.5 Å². The van der Waals surface area contributed by atoms with Crippen LogP contribution in [0.3, 0.4) is 0 Å². The molecule has 0 fully saturated rings. The summed E-state index contributed by atoms with van der Waals surface area (Å²) in [4.78, 5) is 73.4. The van der Waals surface area contributed by atoms with E-state index in [9.17, 15) is 43.2 Å². The summed E-state index contributed by atoms with van der Waals surface area (Å²) in [5.41, 5.74) is 0. The van der Waals surface area contributed by atoms with E-state index in [0.29, 0.717) is 25.7 Å². The number of aliphatic hydroxyl groups excluding tert-OH is 1. The number of esters is 4. The minimum Gasteiger partial charge on any atom is -0.462 e. The number of phosphoric ester groups is 2. The second-order valence-corrected chi connectivity index (χ2v) is 36.8. The lowest BCUT2D eigenvalue weighted by atomic mass is 9.99. The van der Waals surface area contributed by atoms with E-state index >= 15 is 0 Å². The number of ether oxygens (including phenoxy) is 4. The monoisotopic (exact) mass is 1630 g/mol. The van der Waals surface area contributed by atoms with Crippen molar-refractivity contribution in [3.63, 3.8) is 0 Å². The van der Waals surface area contributed by atoms with Gasteiger partial charge >= 0.3 is 39.5 Å². The Hall–Kier alpha value is -1.94. The zero-order chi connectivity index (χ0) is 82.0. The molecule has 0 aromatic carbocycles. The van der Waals surface area contributed by atoms with Crippen LogP contribution >= 0.6 is 15.6 Å². The first-order valence-corrected chi connectivity index (χ1v) is 51.1. The molecule has 0 aliphatic rings. The Morgan fingerprint density at radius 3 is 0.634 bits per heavy atom. The first-order chi connectivity index (χ1) is 54.4. The van der Waals surface area contributed by atoms with Crippen LogP contribution in [0.4, 0.5) is 0 Å². The molecule has 0 aliphatic heterocycles. The highest BCUT2D eigenvalue weighted by atomic mass is 31.2. The maximum Gasteiger partial charge on any atom is 0.472 e. The van der Waals surface area contributed by atoms with Gasteiger partial charge in [-0.2, -0.15) is 0 Å². The van der Waals surface area contributed by atoms with E-state index in [1.807, 2.05) is 0 Å². The van der Waals surface area contributed by atoms with Crippen LogP contribution in [-0.2, 0) is 65.4 Å². The fourth-order valence-corrected chi connectivity index (χ4v) is 16.2. The van der Waals surface area contributed by atoms with Crippen molar-refractivity contribution in [1.29, 1.82) is 0 Å². The van der Waals surface area contributed by atoms with Crippen LogP contribution in [-0.4, -0.2) is 96.7 Å². The number of carbonyl (C=O) groups is 4. The highest BCUT2D eigenvalue weighted by molar-refractivity contribution is 7.47. The molecule has 0 heterocycles. The molecule has 19 heteroatoms. The Morgan fingerprint density at radius 1 is 0.250 bits per heavy atom. The lowest BCUT2D eigenvalue weighted by Gasteiger charge is -2.21. The van der Waals surface area contributed by atoms with E-state index in [4.69, 9.17) is 37.0 Å². The van der Waals surface area contributed by atoms with Crippen molar-refractivity contribution in [2.24, 2.45) is 11.8 Å². The first-order valence-electron chi connectivity index (χ1n) is 48.1. The molecule has 4 unspecified atom stereocenters. The molecule has 0 saturated carbocycles. The van der Waals surface area contributed by atoms with Gasteiger partial charge in [-0.3, -0.25) is 37.3 Å². The molecule has 0 saturated heterocycles. The molecule has 17 nitrogen and oxygen atoms in total. The van der Waals surface area contributed by atoms with Crippen molar-refractivity contribution in [3.8, 4) is 0 Å². The van der Waals surface area contributed by atoms with Crippen molar-refractivity contribution in [2.75, 3.05) is 39.6 Å². The molecular weight excluding hydrogens is 1450 g/mol. The quantitative estimate of drug-likeness (QED) is 0.0222. The van der Waals surface area contributed by atoms with Gasteiger partial charge in [0.2, 0.25) is 0 Å². The predicted octanol–water partition coefficient (Wildman–Crippen LogP) is 29.0. The van der Waals surface area contributed by atoms with Crippen molar-refractivity contribution in [2.45, 2.75) is 522 Å². The lowest BCUT2D eigenvalue weighted by Crippen LogP contribution is -2.30. The summed E-state index contributed by atoms with van der Waals surface area (Å²) >= 11 is 0. The SMILES string of the molecule is CCCCCCCCCCCCCCCCCCCCCC(=O)O[C@H](COC(=O)CCCCCCCCCCC)COP(=O)(O)OC[C@H](O)COP(=O)(O)OC[C@@H](COC(=O)CCCCCCCCCCCCCCCCCCCCC(C)CC)OC(=O)CCCCCCCCCCCCCCCCCCCCC(C)CC. The van der Waals surface area contributed by atoms with Crippen LogP contribution in [0.15, 0.2) is 0 Å². The van der Waals surface area contributed by atoms with Crippen LogP contribution in [0.2, 0.25) is 0 Å². The van der Waals surface area contributed by atoms with Crippen LogP contribution in [0.1, 0.15) is 504 Å². The topological polar surface area (TPSA) is 237 Å². The number of carbonyl (C=O) groups excluding carboxylic acids is 4. The van der Waals surface area contributed by atoms with Gasteiger partial charge in [-0.25, -0.2) is 9.13 Å². The molecule has 0 amide bonds. The molecular formula is C93H182O17P2. The highest BCUT2D eigenvalue weighted by Crippen LogP contribution is 2.45. The summed E-state index contributed by atoms with van der Waals surface area (Å²) in [5.74, 6) is -0.350. The van der Waals surface area contributed by atoms with Crippen molar-refractivity contribution < 1.29 is 80.2 Å². The fraction of sp³-hybridized carbons (Fsp3) is 0.957. The second kappa shape index (κ2) is 84.1. The van der Waals surface area contributed by atoms with Gasteiger partial charge in [0, 0.05) is 25.7 Å². The van der Waals surface area contributed by atoms with Crippen LogP contribution < -0.4 is 0 Å². The van der Waals surface area contributed by atoms with Gasteiger partial charge in [-0.1, -0.05) is 452 Å². The van der Waals surface area contributed by atoms with E-state index in [2.05, 4.69) is 41.5 Å². The minimum absolute atomic E-state index is 0.109. The summed E-state index contributed by atoms with van der Waals surface area (Å²) in [5, 5.41) is 10.7. The van der Waals surface area contributed by atoms with Gasteiger partial charge < -0.3 is 33.8 Å². The fourth-order valence-electron chi connectivity index (χ4n) is 14.6. The molecule has 0 spiro atoms. The molecule has 0 aromatic rings.